The molecule has 0 aliphatic carbocycles. The Balaban J connectivity index is 1.97. The number of benzene rings is 2. The molecule has 180 valence electrons. The van der Waals surface area contributed by atoms with Gasteiger partial charge in [0.15, 0.2) is 0 Å². The lowest BCUT2D eigenvalue weighted by molar-refractivity contribution is -0.136. The van der Waals surface area contributed by atoms with Crippen molar-refractivity contribution in [1.29, 1.82) is 0 Å². The quantitative estimate of drug-likeness (QED) is 0.674. The van der Waals surface area contributed by atoms with Gasteiger partial charge in [-0.05, 0) is 36.4 Å². The van der Waals surface area contributed by atoms with Crippen LogP contribution >= 0.6 is 0 Å². The molecule has 12 heteroatoms. The molecule has 1 aliphatic heterocycles. The van der Waals surface area contributed by atoms with Crippen LogP contribution in [-0.4, -0.2) is 66.1 Å². The molecule has 1 aliphatic rings. The van der Waals surface area contributed by atoms with Crippen molar-refractivity contribution in [2.75, 3.05) is 57.7 Å². The highest BCUT2D eigenvalue weighted by atomic mass is 32.2. The third-order valence-electron chi connectivity index (χ3n) is 5.09. The second-order valence-corrected chi connectivity index (χ2v) is 9.36. The summed E-state index contributed by atoms with van der Waals surface area (Å²) in [5.41, 5.74) is -1.28. The van der Waals surface area contributed by atoms with Gasteiger partial charge in [0.2, 0.25) is 10.0 Å². The number of hydrogen-bond acceptors (Lipinski definition) is 6. The Hall–Kier alpha value is -2.83. The summed E-state index contributed by atoms with van der Waals surface area (Å²) in [4.78, 5) is 14.1. The molecule has 0 spiro atoms. The number of ether oxygens (including phenoxy) is 2. The lowest BCUT2D eigenvalue weighted by Crippen LogP contribution is -2.40. The molecule has 0 bridgehead atoms. The van der Waals surface area contributed by atoms with Gasteiger partial charge in [-0.2, -0.15) is 17.5 Å². The van der Waals surface area contributed by atoms with Crippen molar-refractivity contribution in [2.24, 2.45) is 0 Å². The molecule has 1 saturated heterocycles. The zero-order valence-electron chi connectivity index (χ0n) is 18.3. The normalized spacial score (nSPS) is 15.2. The smallest absolute Gasteiger partial charge is 0.418 e. The molecular formula is C21H24F3N3O5S. The van der Waals surface area contributed by atoms with Crippen LogP contribution in [0.3, 0.4) is 0 Å². The Morgan fingerprint density at radius 3 is 2.36 bits per heavy atom. The molecule has 2 aromatic rings. The van der Waals surface area contributed by atoms with E-state index in [9.17, 15) is 26.4 Å². The van der Waals surface area contributed by atoms with Crippen LogP contribution in [0.15, 0.2) is 41.3 Å². The molecule has 1 heterocycles. The SMILES string of the molecule is COc1ccc(C(=O)Nc2ccc(N(C)C)cc2C(F)(F)F)cc1S(=O)(=O)N1CCOCC1. The Morgan fingerprint density at radius 1 is 1.12 bits per heavy atom. The fraction of sp³-hybridized carbons (Fsp3) is 0.381. The van der Waals surface area contributed by atoms with E-state index >= 15 is 0 Å². The number of halogens is 3. The summed E-state index contributed by atoms with van der Waals surface area (Å²) in [6.07, 6.45) is -4.71. The number of morpholine rings is 1. The van der Waals surface area contributed by atoms with Crippen molar-refractivity contribution in [2.45, 2.75) is 11.1 Å². The summed E-state index contributed by atoms with van der Waals surface area (Å²) < 4.78 is 78.5. The van der Waals surface area contributed by atoms with Crippen LogP contribution in [0.5, 0.6) is 5.75 Å². The van der Waals surface area contributed by atoms with Gasteiger partial charge in [-0.1, -0.05) is 0 Å². The molecule has 1 amide bonds. The van der Waals surface area contributed by atoms with E-state index in [-0.39, 0.29) is 42.5 Å². The van der Waals surface area contributed by atoms with Gasteiger partial charge in [-0.15, -0.1) is 0 Å². The van der Waals surface area contributed by atoms with E-state index in [2.05, 4.69) is 5.32 Å². The Morgan fingerprint density at radius 2 is 1.79 bits per heavy atom. The molecule has 1 N–H and O–H groups in total. The highest BCUT2D eigenvalue weighted by Gasteiger charge is 2.35. The van der Waals surface area contributed by atoms with Crippen LogP contribution < -0.4 is 15.0 Å². The maximum absolute atomic E-state index is 13.6. The molecule has 8 nitrogen and oxygen atoms in total. The van der Waals surface area contributed by atoms with Gasteiger partial charge in [0.1, 0.15) is 10.6 Å². The molecule has 33 heavy (non-hydrogen) atoms. The number of anilines is 2. The van der Waals surface area contributed by atoms with E-state index in [1.165, 1.54) is 34.5 Å². The van der Waals surface area contributed by atoms with Crippen molar-refractivity contribution in [3.05, 3.63) is 47.5 Å². The minimum absolute atomic E-state index is 0.0179. The summed E-state index contributed by atoms with van der Waals surface area (Å²) in [6, 6.07) is 7.20. The predicted octanol–water partition coefficient (Wildman–Crippen LogP) is 3.05. The van der Waals surface area contributed by atoms with Crippen LogP contribution in [0.2, 0.25) is 0 Å². The molecule has 2 aromatic carbocycles. The molecule has 0 saturated carbocycles. The van der Waals surface area contributed by atoms with Crippen molar-refractivity contribution in [3.8, 4) is 5.75 Å². The topological polar surface area (TPSA) is 88.2 Å². The zero-order chi connectivity index (χ0) is 24.4. The third kappa shape index (κ3) is 5.40. The number of sulfonamides is 1. The van der Waals surface area contributed by atoms with Crippen LogP contribution in [0.4, 0.5) is 24.5 Å². The molecule has 3 rings (SSSR count). The molecule has 0 atom stereocenters. The van der Waals surface area contributed by atoms with Crippen molar-refractivity contribution < 1.29 is 35.9 Å². The molecule has 0 unspecified atom stereocenters. The number of methoxy groups -OCH3 is 1. The fourth-order valence-corrected chi connectivity index (χ4v) is 4.88. The van der Waals surface area contributed by atoms with Gasteiger partial charge in [0.25, 0.3) is 5.91 Å². The summed E-state index contributed by atoms with van der Waals surface area (Å²) in [7, 11) is 0.467. The van der Waals surface area contributed by atoms with Gasteiger partial charge in [-0.3, -0.25) is 4.79 Å². The van der Waals surface area contributed by atoms with Gasteiger partial charge < -0.3 is 19.7 Å². The first-order valence-corrected chi connectivity index (χ1v) is 11.3. The van der Waals surface area contributed by atoms with Crippen LogP contribution in [0.1, 0.15) is 15.9 Å². The average Bonchev–Trinajstić information content (AvgIpc) is 2.78. The average molecular weight is 488 g/mol. The molecular weight excluding hydrogens is 463 g/mol. The second-order valence-electron chi connectivity index (χ2n) is 7.46. The Bertz CT molecular complexity index is 1130. The number of nitrogens with one attached hydrogen (secondary N) is 1. The first kappa shape index (κ1) is 24.8. The van der Waals surface area contributed by atoms with Crippen molar-refractivity contribution >= 4 is 27.3 Å². The van der Waals surface area contributed by atoms with Gasteiger partial charge in [-0.25, -0.2) is 8.42 Å². The summed E-state index contributed by atoms with van der Waals surface area (Å²) in [5, 5.41) is 2.25. The van der Waals surface area contributed by atoms with E-state index in [1.54, 1.807) is 14.1 Å². The first-order chi connectivity index (χ1) is 15.4. The fourth-order valence-electron chi connectivity index (χ4n) is 3.29. The largest absolute Gasteiger partial charge is 0.495 e. The standard InChI is InChI=1S/C21H24F3N3O5S/c1-26(2)15-5-6-17(16(13-15)21(22,23)24)25-20(28)14-4-7-18(31-3)19(12-14)33(29,30)27-8-10-32-11-9-27/h4-7,12-13H,8-11H2,1-3H3,(H,25,28). The van der Waals surface area contributed by atoms with Gasteiger partial charge in [0, 0.05) is 38.4 Å². The maximum Gasteiger partial charge on any atom is 0.418 e. The minimum Gasteiger partial charge on any atom is -0.495 e. The van der Waals surface area contributed by atoms with Crippen molar-refractivity contribution in [1.82, 2.24) is 4.31 Å². The number of nitrogens with zero attached hydrogens (tertiary/aromatic N) is 2. The van der Waals surface area contributed by atoms with E-state index < -0.39 is 33.4 Å². The van der Waals surface area contributed by atoms with Crippen LogP contribution in [0, 0.1) is 0 Å². The molecule has 1 fully saturated rings. The highest BCUT2D eigenvalue weighted by molar-refractivity contribution is 7.89. The number of carbonyl (C=O) groups is 1. The number of hydrogen-bond donors (Lipinski definition) is 1. The monoisotopic (exact) mass is 487 g/mol. The lowest BCUT2D eigenvalue weighted by Gasteiger charge is -2.26. The van der Waals surface area contributed by atoms with Crippen LogP contribution in [-0.2, 0) is 20.9 Å². The Kier molecular flexibility index (Phi) is 7.20. The first-order valence-electron chi connectivity index (χ1n) is 9.91. The van der Waals surface area contributed by atoms with E-state index in [4.69, 9.17) is 9.47 Å². The zero-order valence-corrected chi connectivity index (χ0v) is 19.1. The molecule has 0 radical (unpaired) electrons. The third-order valence-corrected chi connectivity index (χ3v) is 7.01. The van der Waals surface area contributed by atoms with Gasteiger partial charge in [0.05, 0.1) is 31.6 Å². The Labute approximate surface area is 189 Å². The number of rotatable bonds is 6. The summed E-state index contributed by atoms with van der Waals surface area (Å²) in [6.45, 7) is 0.722. The summed E-state index contributed by atoms with van der Waals surface area (Å²) in [5.74, 6) is -0.872. The highest BCUT2D eigenvalue weighted by Crippen LogP contribution is 2.37. The molecule has 0 aromatic heterocycles. The minimum atomic E-state index is -4.71. The van der Waals surface area contributed by atoms with E-state index in [0.29, 0.717) is 5.69 Å². The van der Waals surface area contributed by atoms with E-state index in [0.717, 1.165) is 18.2 Å². The predicted molar refractivity (Wildman–Crippen MR) is 116 cm³/mol. The number of alkyl halides is 3. The lowest BCUT2D eigenvalue weighted by atomic mass is 10.1. The maximum atomic E-state index is 13.6. The number of amides is 1. The number of carbonyl (C=O) groups excluding carboxylic acids is 1. The van der Waals surface area contributed by atoms with Gasteiger partial charge >= 0.3 is 6.18 Å². The van der Waals surface area contributed by atoms with Crippen LogP contribution in [0.25, 0.3) is 0 Å². The second kappa shape index (κ2) is 9.57. The van der Waals surface area contributed by atoms with E-state index in [1.807, 2.05) is 0 Å². The summed E-state index contributed by atoms with van der Waals surface area (Å²) >= 11 is 0. The van der Waals surface area contributed by atoms with Crippen molar-refractivity contribution in [3.63, 3.8) is 0 Å².